The molecule has 0 aliphatic carbocycles. The summed E-state index contributed by atoms with van der Waals surface area (Å²) in [6, 6.07) is 6.36. The molecule has 0 spiro atoms. The molecule has 0 fully saturated rings. The van der Waals surface area contributed by atoms with Gasteiger partial charge in [-0.3, -0.25) is 9.59 Å². The van der Waals surface area contributed by atoms with E-state index in [4.69, 9.17) is 33.2 Å². The Kier molecular flexibility index (Phi) is 7.95. The fourth-order valence-electron chi connectivity index (χ4n) is 1.51. The number of esters is 1. The van der Waals surface area contributed by atoms with Crippen LogP contribution in [0.5, 0.6) is 0 Å². The first-order valence-corrected chi connectivity index (χ1v) is 7.49. The molecule has 1 aromatic rings. The summed E-state index contributed by atoms with van der Waals surface area (Å²) in [6.45, 7) is 2.26. The third kappa shape index (κ3) is 6.59. The maximum Gasteiger partial charge on any atom is 0.307 e. The zero-order valence-electron chi connectivity index (χ0n) is 12.4. The first kappa shape index (κ1) is 18.8. The molecule has 0 radical (unpaired) electrons. The summed E-state index contributed by atoms with van der Waals surface area (Å²) < 4.78 is 4.76. The average Bonchev–Trinajstić information content (AvgIpc) is 2.51. The summed E-state index contributed by atoms with van der Waals surface area (Å²) in [5.41, 5.74) is 0.141. The third-order valence-electron chi connectivity index (χ3n) is 2.57. The number of hydrogen-bond acceptors (Lipinski definition) is 5. The molecule has 0 bridgehead atoms. The second kappa shape index (κ2) is 9.72. The van der Waals surface area contributed by atoms with Gasteiger partial charge in [0.1, 0.15) is 11.6 Å². The highest BCUT2D eigenvalue weighted by Crippen LogP contribution is 2.25. The molecule has 23 heavy (non-hydrogen) atoms. The Labute approximate surface area is 144 Å². The monoisotopic (exact) mass is 355 g/mol. The molecule has 0 atom stereocenters. The Morgan fingerprint density at radius 2 is 2.13 bits per heavy atom. The number of hydrogen-bond donors (Lipinski definition) is 2. The molecule has 122 valence electrons. The van der Waals surface area contributed by atoms with Gasteiger partial charge < -0.3 is 15.4 Å². The first-order valence-electron chi connectivity index (χ1n) is 6.73. The van der Waals surface area contributed by atoms with Crippen LogP contribution in [0, 0.1) is 11.3 Å². The molecule has 0 aliphatic rings. The number of carbonyl (C=O) groups excluding carboxylic acids is 2. The van der Waals surface area contributed by atoms with Crippen LogP contribution in [0.4, 0.5) is 5.69 Å². The molecule has 1 amide bonds. The Bertz CT molecular complexity index is 654. The van der Waals surface area contributed by atoms with E-state index in [1.165, 1.54) is 18.3 Å². The molecule has 0 unspecified atom stereocenters. The number of nitrogens with zero attached hydrogens (tertiary/aromatic N) is 1. The lowest BCUT2D eigenvalue weighted by Crippen LogP contribution is -2.19. The summed E-state index contributed by atoms with van der Waals surface area (Å²) in [5.74, 6) is -0.998. The van der Waals surface area contributed by atoms with E-state index >= 15 is 0 Å². The topological polar surface area (TPSA) is 91.2 Å². The van der Waals surface area contributed by atoms with Crippen LogP contribution in [0.2, 0.25) is 10.0 Å². The highest BCUT2D eigenvalue weighted by atomic mass is 35.5. The molecule has 1 aromatic carbocycles. The highest BCUT2D eigenvalue weighted by molar-refractivity contribution is 6.35. The minimum Gasteiger partial charge on any atom is -0.466 e. The molecule has 1 rings (SSSR count). The van der Waals surface area contributed by atoms with E-state index in [2.05, 4.69) is 10.6 Å². The fourth-order valence-corrected chi connectivity index (χ4v) is 1.85. The Morgan fingerprint density at radius 1 is 1.39 bits per heavy atom. The maximum absolute atomic E-state index is 12.0. The molecule has 0 heterocycles. The van der Waals surface area contributed by atoms with Crippen molar-refractivity contribution in [2.24, 2.45) is 0 Å². The molecular weight excluding hydrogens is 341 g/mol. The molecule has 0 aromatic heterocycles. The zero-order valence-corrected chi connectivity index (χ0v) is 13.9. The van der Waals surface area contributed by atoms with Crippen LogP contribution >= 0.6 is 23.2 Å². The van der Waals surface area contributed by atoms with Gasteiger partial charge in [-0.2, -0.15) is 5.26 Å². The third-order valence-corrected chi connectivity index (χ3v) is 3.13. The van der Waals surface area contributed by atoms with Crippen LogP contribution in [0.15, 0.2) is 30.0 Å². The average molecular weight is 356 g/mol. The van der Waals surface area contributed by atoms with Gasteiger partial charge in [-0.15, -0.1) is 0 Å². The summed E-state index contributed by atoms with van der Waals surface area (Å²) >= 11 is 11.8. The highest BCUT2D eigenvalue weighted by Gasteiger charge is 2.11. The number of nitriles is 1. The minimum atomic E-state index is -0.639. The lowest BCUT2D eigenvalue weighted by Gasteiger charge is -2.07. The predicted octanol–water partition coefficient (Wildman–Crippen LogP) is 2.88. The van der Waals surface area contributed by atoms with Gasteiger partial charge >= 0.3 is 5.97 Å². The fraction of sp³-hybridized carbons (Fsp3) is 0.267. The SMILES string of the molecule is CCOC(=O)CCN/C=C(/C#N)C(=O)Nc1cc(Cl)ccc1Cl. The van der Waals surface area contributed by atoms with E-state index in [-0.39, 0.29) is 24.5 Å². The van der Waals surface area contributed by atoms with Crippen LogP contribution in [-0.4, -0.2) is 25.0 Å². The van der Waals surface area contributed by atoms with Crippen LogP contribution in [0.25, 0.3) is 0 Å². The lowest BCUT2D eigenvalue weighted by molar-refractivity contribution is -0.142. The summed E-state index contributed by atoms with van der Waals surface area (Å²) in [4.78, 5) is 23.1. The van der Waals surface area contributed by atoms with Crippen molar-refractivity contribution in [1.29, 1.82) is 5.26 Å². The van der Waals surface area contributed by atoms with E-state index in [1.807, 2.05) is 0 Å². The minimum absolute atomic E-state index is 0.130. The van der Waals surface area contributed by atoms with Crippen molar-refractivity contribution in [2.75, 3.05) is 18.5 Å². The second-order valence-corrected chi connectivity index (χ2v) is 5.10. The van der Waals surface area contributed by atoms with Gasteiger partial charge in [-0.05, 0) is 25.1 Å². The Morgan fingerprint density at radius 3 is 2.78 bits per heavy atom. The normalized spacial score (nSPS) is 10.6. The van der Waals surface area contributed by atoms with Gasteiger partial charge in [0.05, 0.1) is 23.7 Å². The van der Waals surface area contributed by atoms with E-state index in [0.29, 0.717) is 22.3 Å². The van der Waals surface area contributed by atoms with Crippen molar-refractivity contribution < 1.29 is 14.3 Å². The predicted molar refractivity (Wildman–Crippen MR) is 88.0 cm³/mol. The van der Waals surface area contributed by atoms with Gasteiger partial charge in [-0.1, -0.05) is 23.2 Å². The van der Waals surface area contributed by atoms with E-state index < -0.39 is 5.91 Å². The molecule has 0 saturated carbocycles. The number of carbonyl (C=O) groups is 2. The molecule has 2 N–H and O–H groups in total. The van der Waals surface area contributed by atoms with Gasteiger partial charge in [0.2, 0.25) is 0 Å². The lowest BCUT2D eigenvalue weighted by atomic mass is 10.2. The number of anilines is 1. The van der Waals surface area contributed by atoms with Crippen molar-refractivity contribution in [3.63, 3.8) is 0 Å². The van der Waals surface area contributed by atoms with Gasteiger partial charge in [0, 0.05) is 17.8 Å². The van der Waals surface area contributed by atoms with Crippen LogP contribution in [0.3, 0.4) is 0 Å². The molecule has 8 heteroatoms. The van der Waals surface area contributed by atoms with Crippen molar-refractivity contribution in [3.05, 3.63) is 40.0 Å². The van der Waals surface area contributed by atoms with Crippen molar-refractivity contribution >= 4 is 40.8 Å². The van der Waals surface area contributed by atoms with E-state index in [1.54, 1.807) is 19.1 Å². The van der Waals surface area contributed by atoms with Gasteiger partial charge in [0.25, 0.3) is 5.91 Å². The van der Waals surface area contributed by atoms with Crippen molar-refractivity contribution in [3.8, 4) is 6.07 Å². The molecule has 0 saturated heterocycles. The summed E-state index contributed by atoms with van der Waals surface area (Å²) in [6.07, 6.45) is 1.36. The Hall–Kier alpha value is -2.23. The second-order valence-electron chi connectivity index (χ2n) is 4.26. The number of amides is 1. The molecule has 6 nitrogen and oxygen atoms in total. The van der Waals surface area contributed by atoms with Crippen LogP contribution in [0.1, 0.15) is 13.3 Å². The van der Waals surface area contributed by atoms with Gasteiger partial charge in [-0.25, -0.2) is 0 Å². The van der Waals surface area contributed by atoms with E-state index in [9.17, 15) is 9.59 Å². The molecule has 0 aliphatic heterocycles. The van der Waals surface area contributed by atoms with Crippen molar-refractivity contribution in [2.45, 2.75) is 13.3 Å². The number of rotatable bonds is 7. The van der Waals surface area contributed by atoms with Crippen LogP contribution in [-0.2, 0) is 14.3 Å². The largest absolute Gasteiger partial charge is 0.466 e. The maximum atomic E-state index is 12.0. The van der Waals surface area contributed by atoms with E-state index in [0.717, 1.165) is 0 Å². The van der Waals surface area contributed by atoms with Crippen molar-refractivity contribution in [1.82, 2.24) is 5.32 Å². The summed E-state index contributed by atoms with van der Waals surface area (Å²) in [7, 11) is 0. The number of benzene rings is 1. The standard InChI is InChI=1S/C15H15Cl2N3O3/c1-2-23-14(21)5-6-19-9-10(8-18)15(22)20-13-7-11(16)3-4-12(13)17/h3-4,7,9,19H,2,5-6H2,1H3,(H,20,22)/b10-9-. The van der Waals surface area contributed by atoms with Gasteiger partial charge in [0.15, 0.2) is 0 Å². The summed E-state index contributed by atoms with van der Waals surface area (Å²) in [5, 5.41) is 14.9. The molecular formula is C15H15Cl2N3O3. The number of nitrogens with one attached hydrogen (secondary N) is 2. The Balaban J connectivity index is 2.61. The first-order chi connectivity index (χ1) is 11.0. The van der Waals surface area contributed by atoms with Crippen LogP contribution < -0.4 is 10.6 Å². The zero-order chi connectivity index (χ0) is 17.2. The number of halogens is 2. The number of ether oxygens (including phenoxy) is 1. The smallest absolute Gasteiger partial charge is 0.307 e. The quantitative estimate of drug-likeness (QED) is 0.339.